The molecule has 2 heterocycles. The van der Waals surface area contributed by atoms with Crippen molar-refractivity contribution < 1.29 is 4.21 Å². The normalized spacial score (nSPS) is 12.9. The van der Waals surface area contributed by atoms with E-state index in [0.29, 0.717) is 15.8 Å². The highest BCUT2D eigenvalue weighted by atomic mass is 79.9. The van der Waals surface area contributed by atoms with Crippen molar-refractivity contribution in [2.45, 2.75) is 10.1 Å². The van der Waals surface area contributed by atoms with E-state index >= 15 is 0 Å². The molecule has 98 valence electrons. The Morgan fingerprint density at radius 1 is 1.37 bits per heavy atom. The first-order chi connectivity index (χ1) is 9.13. The molecule has 2 N–H and O–H groups in total. The Labute approximate surface area is 129 Å². The first kappa shape index (κ1) is 13.2. The molecule has 0 aliphatic heterocycles. The van der Waals surface area contributed by atoms with Crippen molar-refractivity contribution in [3.63, 3.8) is 0 Å². The summed E-state index contributed by atoms with van der Waals surface area (Å²) in [7, 11) is -1.12. The summed E-state index contributed by atoms with van der Waals surface area (Å²) in [6.45, 7) is 0. The average molecular weight is 373 g/mol. The van der Waals surface area contributed by atoms with Gasteiger partial charge in [-0.05, 0) is 45.6 Å². The number of thiazole rings is 1. The number of nitrogens with zero attached hydrogens (tertiary/aromatic N) is 1. The van der Waals surface area contributed by atoms with Crippen LogP contribution in [0.5, 0.6) is 0 Å². The minimum absolute atomic E-state index is 0.494. The SMILES string of the molecule is Nc1ccc2nc(S(=O)Cc3sccc3Br)sc2c1. The van der Waals surface area contributed by atoms with Crippen LogP contribution in [0.1, 0.15) is 4.88 Å². The number of hydrogen-bond donors (Lipinski definition) is 1. The topological polar surface area (TPSA) is 56.0 Å². The fourth-order valence-corrected chi connectivity index (χ4v) is 5.96. The largest absolute Gasteiger partial charge is 0.399 e. The van der Waals surface area contributed by atoms with Crippen molar-refractivity contribution in [1.82, 2.24) is 4.98 Å². The Morgan fingerprint density at radius 3 is 2.95 bits per heavy atom. The lowest BCUT2D eigenvalue weighted by molar-refractivity contribution is 0.682. The van der Waals surface area contributed by atoms with Gasteiger partial charge in [0, 0.05) is 15.0 Å². The molecule has 7 heteroatoms. The Hall–Kier alpha value is -0.760. The highest BCUT2D eigenvalue weighted by Gasteiger charge is 2.13. The highest BCUT2D eigenvalue weighted by Crippen LogP contribution is 2.30. The zero-order chi connectivity index (χ0) is 13.4. The third-order valence-corrected chi connectivity index (χ3v) is 7.30. The highest BCUT2D eigenvalue weighted by molar-refractivity contribution is 9.10. The molecule has 0 saturated heterocycles. The van der Waals surface area contributed by atoms with Crippen molar-refractivity contribution in [3.8, 4) is 0 Å². The maximum atomic E-state index is 12.3. The molecule has 0 spiro atoms. The van der Waals surface area contributed by atoms with Crippen LogP contribution < -0.4 is 5.73 Å². The molecule has 3 rings (SSSR count). The molecular formula is C12H9BrN2OS3. The number of thiophene rings is 1. The van der Waals surface area contributed by atoms with E-state index in [9.17, 15) is 4.21 Å². The summed E-state index contributed by atoms with van der Waals surface area (Å²) in [5.74, 6) is 0.494. The number of rotatable bonds is 3. The number of anilines is 1. The van der Waals surface area contributed by atoms with Crippen molar-refractivity contribution in [3.05, 3.63) is 39.0 Å². The Kier molecular flexibility index (Phi) is 3.70. The van der Waals surface area contributed by atoms with Crippen molar-refractivity contribution in [2.24, 2.45) is 0 Å². The van der Waals surface area contributed by atoms with Gasteiger partial charge >= 0.3 is 0 Å². The molecule has 2 aromatic heterocycles. The van der Waals surface area contributed by atoms with Crippen LogP contribution >= 0.6 is 38.6 Å². The van der Waals surface area contributed by atoms with Crippen molar-refractivity contribution in [2.75, 3.05) is 5.73 Å². The molecule has 0 aliphatic rings. The van der Waals surface area contributed by atoms with E-state index in [1.165, 1.54) is 11.3 Å². The lowest BCUT2D eigenvalue weighted by Crippen LogP contribution is -1.94. The third-order valence-electron chi connectivity index (χ3n) is 2.54. The van der Waals surface area contributed by atoms with E-state index in [0.717, 1.165) is 19.6 Å². The first-order valence-corrected chi connectivity index (χ1v) is 9.20. The van der Waals surface area contributed by atoms with Gasteiger partial charge in [-0.25, -0.2) is 4.98 Å². The van der Waals surface area contributed by atoms with Gasteiger partial charge in [-0.1, -0.05) is 0 Å². The van der Waals surface area contributed by atoms with Crippen LogP contribution in [0.15, 0.2) is 38.5 Å². The molecule has 1 aromatic carbocycles. The zero-order valence-corrected chi connectivity index (χ0v) is 13.7. The maximum Gasteiger partial charge on any atom is 0.182 e. The van der Waals surface area contributed by atoms with Crippen LogP contribution in [0, 0.1) is 0 Å². The third kappa shape index (κ3) is 2.74. The minimum atomic E-state index is -1.12. The van der Waals surface area contributed by atoms with Crippen LogP contribution in [-0.4, -0.2) is 9.19 Å². The second kappa shape index (κ2) is 5.32. The summed E-state index contributed by atoms with van der Waals surface area (Å²) in [6.07, 6.45) is 0. The van der Waals surface area contributed by atoms with E-state index in [1.807, 2.05) is 29.6 Å². The molecular weight excluding hydrogens is 364 g/mol. The number of benzene rings is 1. The van der Waals surface area contributed by atoms with Gasteiger partial charge in [-0.15, -0.1) is 22.7 Å². The second-order valence-corrected chi connectivity index (χ2v) is 8.40. The molecule has 19 heavy (non-hydrogen) atoms. The van der Waals surface area contributed by atoms with E-state index in [2.05, 4.69) is 20.9 Å². The standard InChI is InChI=1S/C12H9BrN2OS3/c13-8-3-4-17-11(8)6-19(16)12-15-9-2-1-7(14)5-10(9)18-12/h1-5H,6,14H2. The fourth-order valence-electron chi connectivity index (χ4n) is 1.63. The molecule has 0 amide bonds. The molecule has 0 aliphatic carbocycles. The predicted molar refractivity (Wildman–Crippen MR) is 86.2 cm³/mol. The van der Waals surface area contributed by atoms with E-state index in [4.69, 9.17) is 5.73 Å². The fraction of sp³-hybridized carbons (Fsp3) is 0.0833. The van der Waals surface area contributed by atoms with Gasteiger partial charge in [0.05, 0.1) is 26.8 Å². The van der Waals surface area contributed by atoms with Crippen molar-refractivity contribution in [1.29, 1.82) is 0 Å². The number of aromatic nitrogens is 1. The summed E-state index contributed by atoms with van der Waals surface area (Å²) in [5.41, 5.74) is 7.29. The van der Waals surface area contributed by atoms with Gasteiger partial charge in [0.1, 0.15) is 0 Å². The molecule has 3 aromatic rings. The minimum Gasteiger partial charge on any atom is -0.399 e. The molecule has 3 nitrogen and oxygen atoms in total. The number of fused-ring (bicyclic) bond motifs is 1. The lowest BCUT2D eigenvalue weighted by Gasteiger charge is -1.96. The van der Waals surface area contributed by atoms with Crippen molar-refractivity contribution >= 4 is 65.3 Å². The summed E-state index contributed by atoms with van der Waals surface area (Å²) in [4.78, 5) is 5.50. The summed E-state index contributed by atoms with van der Waals surface area (Å²) < 4.78 is 15.0. The van der Waals surface area contributed by atoms with Crippen LogP contribution in [0.2, 0.25) is 0 Å². The molecule has 1 atom stereocenters. The summed E-state index contributed by atoms with van der Waals surface area (Å²) in [6, 6.07) is 7.51. The van der Waals surface area contributed by atoms with Gasteiger partial charge < -0.3 is 5.73 Å². The van der Waals surface area contributed by atoms with E-state index in [-0.39, 0.29) is 0 Å². The smallest absolute Gasteiger partial charge is 0.182 e. The Bertz CT molecular complexity index is 765. The van der Waals surface area contributed by atoms with E-state index in [1.54, 1.807) is 11.3 Å². The van der Waals surface area contributed by atoms with Crippen LogP contribution in [0.3, 0.4) is 0 Å². The summed E-state index contributed by atoms with van der Waals surface area (Å²) >= 11 is 6.50. The van der Waals surface area contributed by atoms with Crippen LogP contribution in [0.4, 0.5) is 5.69 Å². The van der Waals surface area contributed by atoms with Gasteiger partial charge in [-0.2, -0.15) is 0 Å². The quantitative estimate of drug-likeness (QED) is 0.706. The Morgan fingerprint density at radius 2 is 2.21 bits per heavy atom. The number of hydrogen-bond acceptors (Lipinski definition) is 5. The monoisotopic (exact) mass is 372 g/mol. The van der Waals surface area contributed by atoms with Crippen LogP contribution in [-0.2, 0) is 16.6 Å². The zero-order valence-electron chi connectivity index (χ0n) is 9.63. The van der Waals surface area contributed by atoms with Gasteiger partial charge in [0.25, 0.3) is 0 Å². The predicted octanol–water partition coefficient (Wildman–Crippen LogP) is 4.01. The number of nitrogens with two attached hydrogens (primary N) is 1. The summed E-state index contributed by atoms with van der Waals surface area (Å²) in [5, 5.41) is 1.98. The second-order valence-electron chi connectivity index (χ2n) is 3.89. The van der Waals surface area contributed by atoms with Crippen LogP contribution in [0.25, 0.3) is 10.2 Å². The molecule has 0 saturated carbocycles. The molecule has 1 unspecified atom stereocenters. The van der Waals surface area contributed by atoms with E-state index < -0.39 is 10.8 Å². The molecule has 0 fully saturated rings. The molecule has 0 bridgehead atoms. The number of halogens is 1. The van der Waals surface area contributed by atoms with Gasteiger partial charge in [-0.3, -0.25) is 4.21 Å². The average Bonchev–Trinajstić information content (AvgIpc) is 2.96. The maximum absolute atomic E-state index is 12.3. The van der Waals surface area contributed by atoms with Gasteiger partial charge in [0.2, 0.25) is 0 Å². The lowest BCUT2D eigenvalue weighted by atomic mass is 10.3. The first-order valence-electron chi connectivity index (χ1n) is 5.40. The number of nitrogen functional groups attached to an aromatic ring is 1. The Balaban J connectivity index is 1.91. The van der Waals surface area contributed by atoms with Gasteiger partial charge in [0.15, 0.2) is 4.34 Å². The molecule has 0 radical (unpaired) electrons.